The van der Waals surface area contributed by atoms with Crippen LogP contribution < -0.4 is 10.6 Å². The van der Waals surface area contributed by atoms with E-state index >= 15 is 0 Å². The van der Waals surface area contributed by atoms with Crippen molar-refractivity contribution in [2.75, 3.05) is 18.5 Å². The van der Waals surface area contributed by atoms with E-state index in [1.54, 1.807) is 18.2 Å². The third-order valence-electron chi connectivity index (χ3n) is 3.13. The van der Waals surface area contributed by atoms with Gasteiger partial charge < -0.3 is 20.5 Å². The number of phenols is 1. The Morgan fingerprint density at radius 2 is 1.92 bits per heavy atom. The second-order valence-electron chi connectivity index (χ2n) is 5.13. The molecule has 0 saturated carbocycles. The lowest BCUT2D eigenvalue weighted by atomic mass is 10.1. The van der Waals surface area contributed by atoms with Gasteiger partial charge in [0.2, 0.25) is 5.91 Å². The summed E-state index contributed by atoms with van der Waals surface area (Å²) in [5.74, 6) is -0.407. The molecule has 0 bridgehead atoms. The number of fused-ring (bicyclic) bond motifs is 1. The zero-order valence-electron chi connectivity index (χ0n) is 12.9. The first kappa shape index (κ1) is 18.4. The monoisotopic (exact) mass is 356 g/mol. The molecule has 0 aliphatic heterocycles. The van der Waals surface area contributed by atoms with Gasteiger partial charge in [-0.1, -0.05) is 18.2 Å². The first-order valence-electron chi connectivity index (χ1n) is 7.23. The highest BCUT2D eigenvalue weighted by molar-refractivity contribution is 6.02. The summed E-state index contributed by atoms with van der Waals surface area (Å²) in [5.41, 5.74) is 0.470. The number of alkyl carbamates (subject to hydrolysis) is 1. The number of aromatic hydroxyl groups is 1. The van der Waals surface area contributed by atoms with E-state index < -0.39 is 24.8 Å². The highest BCUT2D eigenvalue weighted by Crippen LogP contribution is 2.27. The topological polar surface area (TPSA) is 87.7 Å². The Kier molecular flexibility index (Phi) is 5.68. The van der Waals surface area contributed by atoms with Crippen LogP contribution in [-0.2, 0) is 9.53 Å². The third-order valence-corrected chi connectivity index (χ3v) is 3.13. The number of benzene rings is 2. The first-order valence-corrected chi connectivity index (χ1v) is 7.23. The van der Waals surface area contributed by atoms with Crippen LogP contribution in [0.3, 0.4) is 0 Å². The predicted octanol–water partition coefficient (Wildman–Crippen LogP) is 3.16. The lowest BCUT2D eigenvalue weighted by molar-refractivity contribution is -0.160. The maximum absolute atomic E-state index is 11.9. The SMILES string of the molecule is O=C(CCNC(=O)OCC(F)(F)F)Nc1cccc2ccc(O)cc12. The molecule has 0 atom stereocenters. The molecular weight excluding hydrogens is 341 g/mol. The molecule has 6 nitrogen and oxygen atoms in total. The Hall–Kier alpha value is -2.97. The molecule has 134 valence electrons. The molecule has 0 aliphatic rings. The number of phenolic OH excluding ortho intramolecular Hbond substituents is 1. The van der Waals surface area contributed by atoms with Crippen LogP contribution in [0.25, 0.3) is 10.8 Å². The summed E-state index contributed by atoms with van der Waals surface area (Å²) in [6, 6.07) is 9.88. The predicted molar refractivity (Wildman–Crippen MR) is 84.3 cm³/mol. The number of nitrogens with one attached hydrogen (secondary N) is 2. The van der Waals surface area contributed by atoms with Gasteiger partial charge in [0.1, 0.15) is 5.75 Å². The van der Waals surface area contributed by atoms with E-state index in [9.17, 15) is 27.9 Å². The van der Waals surface area contributed by atoms with Crippen LogP contribution >= 0.6 is 0 Å². The lowest BCUT2D eigenvalue weighted by Gasteiger charge is -2.10. The van der Waals surface area contributed by atoms with E-state index in [0.717, 1.165) is 5.39 Å². The average Bonchev–Trinajstić information content (AvgIpc) is 2.53. The fraction of sp³-hybridized carbons (Fsp3) is 0.250. The Labute approximate surface area is 140 Å². The number of halogens is 3. The molecule has 0 spiro atoms. The van der Waals surface area contributed by atoms with Crippen molar-refractivity contribution in [3.8, 4) is 5.75 Å². The number of ether oxygens (including phenoxy) is 1. The van der Waals surface area contributed by atoms with Crippen LogP contribution in [0.1, 0.15) is 6.42 Å². The van der Waals surface area contributed by atoms with Crippen molar-refractivity contribution in [1.29, 1.82) is 0 Å². The first-order chi connectivity index (χ1) is 11.7. The fourth-order valence-electron chi connectivity index (χ4n) is 2.06. The van der Waals surface area contributed by atoms with Crippen molar-refractivity contribution in [1.82, 2.24) is 5.32 Å². The van der Waals surface area contributed by atoms with Gasteiger partial charge in [-0.05, 0) is 23.6 Å². The second kappa shape index (κ2) is 7.73. The van der Waals surface area contributed by atoms with E-state index in [1.165, 1.54) is 12.1 Å². The minimum Gasteiger partial charge on any atom is -0.508 e. The molecule has 0 aliphatic carbocycles. The summed E-state index contributed by atoms with van der Waals surface area (Å²) in [7, 11) is 0. The largest absolute Gasteiger partial charge is 0.508 e. The highest BCUT2D eigenvalue weighted by atomic mass is 19.4. The Bertz CT molecular complexity index is 778. The standard InChI is InChI=1S/C16H15F3N2O4/c17-16(18,19)9-25-15(24)20-7-6-14(23)21-13-3-1-2-10-4-5-11(22)8-12(10)13/h1-5,8,22H,6-7,9H2,(H,20,24)(H,21,23). The van der Waals surface area contributed by atoms with Crippen molar-refractivity contribution in [3.63, 3.8) is 0 Å². The molecule has 2 aromatic carbocycles. The van der Waals surface area contributed by atoms with Gasteiger partial charge in [-0.25, -0.2) is 4.79 Å². The average molecular weight is 356 g/mol. The Balaban J connectivity index is 1.85. The summed E-state index contributed by atoms with van der Waals surface area (Å²) >= 11 is 0. The molecule has 2 rings (SSSR count). The van der Waals surface area contributed by atoms with Crippen molar-refractivity contribution < 1.29 is 32.6 Å². The van der Waals surface area contributed by atoms with Gasteiger partial charge in [-0.2, -0.15) is 13.2 Å². The Morgan fingerprint density at radius 3 is 2.64 bits per heavy atom. The minimum absolute atomic E-state index is 0.0447. The van der Waals surface area contributed by atoms with Gasteiger partial charge in [0, 0.05) is 24.0 Å². The van der Waals surface area contributed by atoms with E-state index in [0.29, 0.717) is 11.1 Å². The molecule has 25 heavy (non-hydrogen) atoms. The summed E-state index contributed by atoms with van der Waals surface area (Å²) < 4.78 is 39.6. The van der Waals surface area contributed by atoms with Gasteiger partial charge in [0.15, 0.2) is 6.61 Å². The normalized spacial score (nSPS) is 11.2. The van der Waals surface area contributed by atoms with Crippen LogP contribution in [0.15, 0.2) is 36.4 Å². The van der Waals surface area contributed by atoms with E-state index in [2.05, 4.69) is 15.4 Å². The number of amides is 2. The molecule has 0 heterocycles. The van der Waals surface area contributed by atoms with Gasteiger partial charge in [-0.15, -0.1) is 0 Å². The molecule has 0 saturated heterocycles. The molecule has 0 aromatic heterocycles. The van der Waals surface area contributed by atoms with Gasteiger partial charge in [0.25, 0.3) is 0 Å². The number of hydrogen-bond acceptors (Lipinski definition) is 4. The molecular formula is C16H15F3N2O4. The van der Waals surface area contributed by atoms with Gasteiger partial charge in [0.05, 0.1) is 0 Å². The Morgan fingerprint density at radius 1 is 1.16 bits per heavy atom. The van der Waals surface area contributed by atoms with E-state index in [1.807, 2.05) is 6.07 Å². The van der Waals surface area contributed by atoms with Crippen LogP contribution in [0.5, 0.6) is 5.75 Å². The minimum atomic E-state index is -4.60. The number of rotatable bonds is 5. The number of alkyl halides is 3. The lowest BCUT2D eigenvalue weighted by Crippen LogP contribution is -2.31. The van der Waals surface area contributed by atoms with Crippen molar-refractivity contribution in [2.24, 2.45) is 0 Å². The number of carbonyl (C=O) groups is 2. The van der Waals surface area contributed by atoms with E-state index in [4.69, 9.17) is 0 Å². The summed E-state index contributed by atoms with van der Waals surface area (Å²) in [5, 5.41) is 15.7. The zero-order valence-corrected chi connectivity index (χ0v) is 12.9. The number of anilines is 1. The second-order valence-corrected chi connectivity index (χ2v) is 5.13. The maximum Gasteiger partial charge on any atom is 0.422 e. The number of carbonyl (C=O) groups excluding carboxylic acids is 2. The van der Waals surface area contributed by atoms with E-state index in [-0.39, 0.29) is 18.7 Å². The van der Waals surface area contributed by atoms with Gasteiger partial charge in [-0.3, -0.25) is 4.79 Å². The molecule has 2 aromatic rings. The maximum atomic E-state index is 11.9. The van der Waals surface area contributed by atoms with Crippen molar-refractivity contribution in [2.45, 2.75) is 12.6 Å². The van der Waals surface area contributed by atoms with Gasteiger partial charge >= 0.3 is 12.3 Å². The third kappa shape index (κ3) is 5.87. The molecule has 0 radical (unpaired) electrons. The molecule has 2 amide bonds. The fourth-order valence-corrected chi connectivity index (χ4v) is 2.06. The summed E-state index contributed by atoms with van der Waals surface area (Å²) in [6.07, 6.45) is -6.01. The van der Waals surface area contributed by atoms with Crippen LogP contribution in [-0.4, -0.2) is 36.4 Å². The molecule has 9 heteroatoms. The van der Waals surface area contributed by atoms with Crippen LogP contribution in [0.4, 0.5) is 23.7 Å². The smallest absolute Gasteiger partial charge is 0.422 e. The molecule has 0 fully saturated rings. The van der Waals surface area contributed by atoms with Crippen molar-refractivity contribution >= 4 is 28.5 Å². The quantitative estimate of drug-likeness (QED) is 0.768. The van der Waals surface area contributed by atoms with Crippen molar-refractivity contribution in [3.05, 3.63) is 36.4 Å². The zero-order chi connectivity index (χ0) is 18.4. The van der Waals surface area contributed by atoms with Crippen LogP contribution in [0.2, 0.25) is 0 Å². The number of hydrogen-bond donors (Lipinski definition) is 3. The molecule has 3 N–H and O–H groups in total. The summed E-state index contributed by atoms with van der Waals surface area (Å²) in [4.78, 5) is 22.9. The summed E-state index contributed by atoms with van der Waals surface area (Å²) in [6.45, 7) is -1.87. The molecule has 0 unspecified atom stereocenters. The highest BCUT2D eigenvalue weighted by Gasteiger charge is 2.29. The van der Waals surface area contributed by atoms with Crippen LogP contribution in [0, 0.1) is 0 Å².